The summed E-state index contributed by atoms with van der Waals surface area (Å²) >= 11 is 1.90. The molecule has 10 rings (SSSR count). The van der Waals surface area contributed by atoms with Crippen LogP contribution in [-0.2, 0) is 0 Å². The van der Waals surface area contributed by atoms with Gasteiger partial charge >= 0.3 is 0 Å². The van der Waals surface area contributed by atoms with Gasteiger partial charge in [-0.15, -0.1) is 11.3 Å². The van der Waals surface area contributed by atoms with Crippen molar-refractivity contribution in [3.05, 3.63) is 161 Å². The highest BCUT2D eigenvalue weighted by molar-refractivity contribution is 7.20. The highest BCUT2D eigenvalue weighted by atomic mass is 32.1. The zero-order valence-electron chi connectivity index (χ0n) is 25.6. The number of rotatable bonds is 3. The van der Waals surface area contributed by atoms with Crippen LogP contribution in [0.25, 0.3) is 27.3 Å². The molecule has 0 saturated heterocycles. The second-order valence-electron chi connectivity index (χ2n) is 12.9. The smallest absolute Gasteiger partial charge is 0.0991 e. The van der Waals surface area contributed by atoms with E-state index >= 15 is 0 Å². The van der Waals surface area contributed by atoms with Gasteiger partial charge in [-0.2, -0.15) is 5.26 Å². The number of benzene rings is 3. The molecular formula is C42H30N4S. The van der Waals surface area contributed by atoms with Crippen molar-refractivity contribution in [2.24, 2.45) is 5.92 Å². The summed E-state index contributed by atoms with van der Waals surface area (Å²) in [5, 5.41) is 11.3. The number of pyridine rings is 1. The lowest BCUT2D eigenvalue weighted by atomic mass is 9.87. The Kier molecular flexibility index (Phi) is 5.85. The molecule has 224 valence electrons. The molecular weight excluding hydrogens is 593 g/mol. The Balaban J connectivity index is 1.16. The first-order chi connectivity index (χ1) is 23.3. The quantitative estimate of drug-likeness (QED) is 0.201. The van der Waals surface area contributed by atoms with E-state index in [0.29, 0.717) is 11.5 Å². The Morgan fingerprint density at radius 1 is 0.809 bits per heavy atom. The number of aromatic nitrogens is 1. The van der Waals surface area contributed by atoms with Crippen LogP contribution in [0.15, 0.2) is 139 Å². The third-order valence-corrected chi connectivity index (χ3v) is 11.8. The zero-order valence-corrected chi connectivity index (χ0v) is 26.4. The molecule has 4 unspecified atom stereocenters. The van der Waals surface area contributed by atoms with Gasteiger partial charge < -0.3 is 9.80 Å². The fourth-order valence-corrected chi connectivity index (χ4v) is 10.0. The van der Waals surface area contributed by atoms with Crippen molar-refractivity contribution in [2.75, 3.05) is 9.80 Å². The van der Waals surface area contributed by atoms with Crippen LogP contribution in [0, 0.1) is 17.2 Å². The minimum absolute atomic E-state index is 0.139. The van der Waals surface area contributed by atoms with Gasteiger partial charge in [0.15, 0.2) is 0 Å². The van der Waals surface area contributed by atoms with Crippen LogP contribution in [-0.4, -0.2) is 17.1 Å². The minimum atomic E-state index is 0.139. The van der Waals surface area contributed by atoms with Gasteiger partial charge in [0, 0.05) is 55.3 Å². The summed E-state index contributed by atoms with van der Waals surface area (Å²) in [6, 6.07) is 30.7. The van der Waals surface area contributed by atoms with Crippen LogP contribution < -0.4 is 9.80 Å². The number of thiophene rings is 1. The van der Waals surface area contributed by atoms with E-state index in [0.717, 1.165) is 29.8 Å². The predicted molar refractivity (Wildman–Crippen MR) is 193 cm³/mol. The molecule has 3 aliphatic carbocycles. The maximum absolute atomic E-state index is 10.1. The average molecular weight is 623 g/mol. The lowest BCUT2D eigenvalue weighted by Crippen LogP contribution is -2.32. The molecule has 0 radical (unpaired) electrons. The topological polar surface area (TPSA) is 43.2 Å². The Morgan fingerprint density at radius 3 is 2.64 bits per heavy atom. The lowest BCUT2D eigenvalue weighted by molar-refractivity contribution is 0.658. The summed E-state index contributed by atoms with van der Waals surface area (Å²) in [5.74, 6) is 0.512. The highest BCUT2D eigenvalue weighted by Gasteiger charge is 2.44. The van der Waals surface area contributed by atoms with Gasteiger partial charge in [0.05, 0.1) is 41.0 Å². The average Bonchev–Trinajstić information content (AvgIpc) is 3.79. The first kappa shape index (κ1) is 26.7. The fraction of sp³-hybridized carbons (Fsp3) is 0.143. The largest absolute Gasteiger partial charge is 0.333 e. The molecule has 5 aromatic rings. The second kappa shape index (κ2) is 10.3. The molecule has 3 aromatic carbocycles. The zero-order chi connectivity index (χ0) is 31.1. The first-order valence-electron chi connectivity index (χ1n) is 16.4. The molecule has 0 fully saturated rings. The molecule has 5 heteroatoms. The number of nitrogens with zero attached hydrogens (tertiary/aromatic N) is 4. The Morgan fingerprint density at radius 2 is 1.72 bits per heavy atom. The molecule has 0 bridgehead atoms. The summed E-state index contributed by atoms with van der Waals surface area (Å²) < 4.78 is 1.26. The fourth-order valence-electron chi connectivity index (χ4n) is 8.55. The van der Waals surface area contributed by atoms with Crippen LogP contribution in [0.1, 0.15) is 40.5 Å². The van der Waals surface area contributed by atoms with Gasteiger partial charge in [0.1, 0.15) is 0 Å². The minimum Gasteiger partial charge on any atom is -0.333 e. The van der Waals surface area contributed by atoms with Gasteiger partial charge in [0.2, 0.25) is 0 Å². The van der Waals surface area contributed by atoms with Crippen molar-refractivity contribution >= 4 is 44.6 Å². The highest BCUT2D eigenvalue weighted by Crippen LogP contribution is 2.55. The molecule has 0 saturated carbocycles. The van der Waals surface area contributed by atoms with Gasteiger partial charge in [-0.3, -0.25) is 4.98 Å². The summed E-state index contributed by atoms with van der Waals surface area (Å²) in [4.78, 5) is 11.3. The number of para-hydroxylation sites is 1. The number of fused-ring (bicyclic) bond motifs is 9. The van der Waals surface area contributed by atoms with Crippen molar-refractivity contribution in [1.29, 1.82) is 5.26 Å². The molecule has 0 spiro atoms. The lowest BCUT2D eigenvalue weighted by Gasteiger charge is -2.32. The molecule has 2 aliphatic heterocycles. The normalized spacial score (nSPS) is 23.0. The molecule has 2 aromatic heterocycles. The van der Waals surface area contributed by atoms with Crippen molar-refractivity contribution in [2.45, 2.75) is 30.8 Å². The molecule has 4 atom stereocenters. The van der Waals surface area contributed by atoms with Crippen LogP contribution >= 0.6 is 11.3 Å². The Bertz CT molecular complexity index is 2310. The summed E-state index contributed by atoms with van der Waals surface area (Å²) in [6.45, 7) is 0. The summed E-state index contributed by atoms with van der Waals surface area (Å²) in [6.07, 6.45) is 22.5. The summed E-state index contributed by atoms with van der Waals surface area (Å²) in [7, 11) is 0. The van der Waals surface area contributed by atoms with E-state index in [1.54, 1.807) is 0 Å². The monoisotopic (exact) mass is 622 g/mol. The molecule has 47 heavy (non-hydrogen) atoms. The maximum atomic E-state index is 10.1. The third kappa shape index (κ3) is 3.83. The number of allylic oxidation sites excluding steroid dienone is 4. The van der Waals surface area contributed by atoms with Crippen LogP contribution in [0.2, 0.25) is 0 Å². The van der Waals surface area contributed by atoms with E-state index in [2.05, 4.69) is 131 Å². The number of hydrogen-bond donors (Lipinski definition) is 0. The molecule has 4 nitrogen and oxygen atoms in total. The van der Waals surface area contributed by atoms with E-state index in [1.165, 1.54) is 48.7 Å². The number of anilines is 3. The van der Waals surface area contributed by atoms with Crippen LogP contribution in [0.4, 0.5) is 17.1 Å². The summed E-state index contributed by atoms with van der Waals surface area (Å²) in [5.41, 5.74) is 11.7. The number of nitriles is 1. The van der Waals surface area contributed by atoms with Crippen LogP contribution in [0.3, 0.4) is 0 Å². The molecule has 4 heterocycles. The van der Waals surface area contributed by atoms with E-state index in [9.17, 15) is 5.26 Å². The van der Waals surface area contributed by atoms with Gasteiger partial charge in [-0.1, -0.05) is 78.9 Å². The molecule has 5 aliphatic rings. The molecule has 0 N–H and O–H groups in total. The van der Waals surface area contributed by atoms with Gasteiger partial charge in [-0.05, 0) is 72.5 Å². The van der Waals surface area contributed by atoms with Crippen molar-refractivity contribution < 1.29 is 0 Å². The van der Waals surface area contributed by atoms with E-state index < -0.39 is 0 Å². The predicted octanol–water partition coefficient (Wildman–Crippen LogP) is 10.0. The SMILES string of the molecule is N#Cc1ccc(N2C3=C(CCC=C3)C3C=CC=CC32)c(-c2cccc3c4c(sc23)C2c3ncccc3N(c3ccccc3)C2C=C4)c1. The van der Waals surface area contributed by atoms with Crippen molar-refractivity contribution in [3.63, 3.8) is 0 Å². The van der Waals surface area contributed by atoms with Gasteiger partial charge in [0.25, 0.3) is 0 Å². The van der Waals surface area contributed by atoms with E-state index in [4.69, 9.17) is 4.98 Å². The first-order valence-corrected chi connectivity index (χ1v) is 17.2. The Hall–Kier alpha value is -5.44. The number of hydrogen-bond acceptors (Lipinski definition) is 5. The maximum Gasteiger partial charge on any atom is 0.0991 e. The van der Waals surface area contributed by atoms with E-state index in [1.807, 2.05) is 29.7 Å². The Labute approximate surface area is 278 Å². The van der Waals surface area contributed by atoms with Crippen LogP contribution in [0.5, 0.6) is 0 Å². The van der Waals surface area contributed by atoms with Crippen molar-refractivity contribution in [3.8, 4) is 17.2 Å². The standard InChI is InChI=1S/C42H30N4S/c43-25-26-19-21-36(46-34-16-6-4-12-28(34)29-13-5-7-17-35(29)46)33(24-26)31-15-8-14-30-32-20-22-37-39(42(32)47-41(30)31)40-38(18-9-23-44-40)45(37)27-10-2-1-3-11-27/h1-4,6-12,14-24,28,34,37,39H,5,13H2. The van der Waals surface area contributed by atoms with Gasteiger partial charge in [-0.25, -0.2) is 0 Å². The molecule has 0 amide bonds. The second-order valence-corrected chi connectivity index (χ2v) is 13.9. The van der Waals surface area contributed by atoms with Crippen molar-refractivity contribution in [1.82, 2.24) is 4.98 Å². The third-order valence-electron chi connectivity index (χ3n) is 10.5. The van der Waals surface area contributed by atoms with E-state index in [-0.39, 0.29) is 18.0 Å².